The van der Waals surface area contributed by atoms with Gasteiger partial charge in [-0.3, -0.25) is 14.9 Å². The van der Waals surface area contributed by atoms with Crippen LogP contribution in [0.25, 0.3) is 0 Å². The lowest BCUT2D eigenvalue weighted by Crippen LogP contribution is -2.12. The standard InChI is InChI=1S/C15H16N2O4S/c1-3-21-13(18)8-11-9-22-15(16-11)17-14(19)10-4-6-12(20-2)7-5-10/h4-7,9H,3,8H2,1-2H3,(H,16,17,19). The van der Waals surface area contributed by atoms with E-state index in [1.807, 2.05) is 0 Å². The summed E-state index contributed by atoms with van der Waals surface area (Å²) in [6, 6.07) is 6.76. The number of benzene rings is 1. The molecule has 0 saturated heterocycles. The average molecular weight is 320 g/mol. The number of nitrogens with zero attached hydrogens (tertiary/aromatic N) is 1. The summed E-state index contributed by atoms with van der Waals surface area (Å²) in [5, 5.41) is 4.86. The van der Waals surface area contributed by atoms with Crippen molar-refractivity contribution in [1.82, 2.24) is 4.98 Å². The van der Waals surface area contributed by atoms with E-state index in [0.29, 0.717) is 28.7 Å². The number of nitrogens with one attached hydrogen (secondary N) is 1. The van der Waals surface area contributed by atoms with Crippen LogP contribution in [0.2, 0.25) is 0 Å². The largest absolute Gasteiger partial charge is 0.497 e. The van der Waals surface area contributed by atoms with E-state index in [1.54, 1.807) is 43.7 Å². The van der Waals surface area contributed by atoms with E-state index in [2.05, 4.69) is 10.3 Å². The Morgan fingerprint density at radius 2 is 2.00 bits per heavy atom. The van der Waals surface area contributed by atoms with E-state index >= 15 is 0 Å². The second kappa shape index (κ2) is 7.56. The highest BCUT2D eigenvalue weighted by Gasteiger charge is 2.11. The molecule has 0 fully saturated rings. The van der Waals surface area contributed by atoms with Gasteiger partial charge in [-0.1, -0.05) is 0 Å². The molecule has 0 aliphatic rings. The number of ether oxygens (including phenoxy) is 2. The first-order chi connectivity index (χ1) is 10.6. The van der Waals surface area contributed by atoms with Crippen molar-refractivity contribution in [2.45, 2.75) is 13.3 Å². The molecule has 2 rings (SSSR count). The number of thiazole rings is 1. The van der Waals surface area contributed by atoms with Crippen LogP contribution in [-0.4, -0.2) is 30.6 Å². The van der Waals surface area contributed by atoms with E-state index in [1.165, 1.54) is 11.3 Å². The van der Waals surface area contributed by atoms with Crippen molar-refractivity contribution in [3.8, 4) is 5.75 Å². The van der Waals surface area contributed by atoms with Crippen LogP contribution in [0.5, 0.6) is 5.75 Å². The number of anilines is 1. The lowest BCUT2D eigenvalue weighted by atomic mass is 10.2. The molecular weight excluding hydrogens is 304 g/mol. The van der Waals surface area contributed by atoms with Crippen molar-refractivity contribution < 1.29 is 19.1 Å². The fourth-order valence-electron chi connectivity index (χ4n) is 1.72. The number of aromatic nitrogens is 1. The molecule has 1 aromatic heterocycles. The maximum Gasteiger partial charge on any atom is 0.311 e. The first kappa shape index (κ1) is 16.0. The molecular formula is C15H16N2O4S. The van der Waals surface area contributed by atoms with Crippen LogP contribution in [0.3, 0.4) is 0 Å². The Hall–Kier alpha value is -2.41. The smallest absolute Gasteiger partial charge is 0.311 e. The number of amides is 1. The molecule has 2 aromatic rings. The second-order valence-electron chi connectivity index (χ2n) is 4.31. The van der Waals surface area contributed by atoms with Crippen LogP contribution in [0.1, 0.15) is 23.0 Å². The zero-order chi connectivity index (χ0) is 15.9. The maximum absolute atomic E-state index is 12.1. The van der Waals surface area contributed by atoms with Crippen molar-refractivity contribution in [3.63, 3.8) is 0 Å². The van der Waals surface area contributed by atoms with Crippen LogP contribution in [-0.2, 0) is 16.0 Å². The maximum atomic E-state index is 12.1. The third-order valence-corrected chi connectivity index (χ3v) is 3.56. The number of rotatable bonds is 6. The minimum absolute atomic E-state index is 0.0999. The lowest BCUT2D eigenvalue weighted by Gasteiger charge is -2.03. The Bertz CT molecular complexity index is 652. The summed E-state index contributed by atoms with van der Waals surface area (Å²) in [5.41, 5.74) is 1.08. The highest BCUT2D eigenvalue weighted by molar-refractivity contribution is 7.14. The van der Waals surface area contributed by atoms with Crippen LogP contribution in [0, 0.1) is 0 Å². The van der Waals surface area contributed by atoms with Crippen LogP contribution in [0.15, 0.2) is 29.6 Å². The van der Waals surface area contributed by atoms with Gasteiger partial charge in [0.2, 0.25) is 0 Å². The number of esters is 1. The topological polar surface area (TPSA) is 77.5 Å². The van der Waals surface area contributed by atoms with Gasteiger partial charge in [-0.2, -0.15) is 0 Å². The Kier molecular flexibility index (Phi) is 5.48. The summed E-state index contributed by atoms with van der Waals surface area (Å²) in [4.78, 5) is 27.6. The number of methoxy groups -OCH3 is 1. The summed E-state index contributed by atoms with van der Waals surface area (Å²) in [6.07, 6.45) is 0.0999. The molecule has 1 amide bonds. The van der Waals surface area contributed by atoms with E-state index < -0.39 is 0 Å². The fourth-order valence-corrected chi connectivity index (χ4v) is 2.42. The van der Waals surface area contributed by atoms with E-state index in [0.717, 1.165) is 0 Å². The van der Waals surface area contributed by atoms with Gasteiger partial charge in [-0.25, -0.2) is 4.98 Å². The fraction of sp³-hybridized carbons (Fsp3) is 0.267. The quantitative estimate of drug-likeness (QED) is 0.828. The minimum Gasteiger partial charge on any atom is -0.497 e. The Balaban J connectivity index is 1.96. The Labute approximate surface area is 132 Å². The monoisotopic (exact) mass is 320 g/mol. The number of carbonyl (C=O) groups is 2. The predicted molar refractivity (Wildman–Crippen MR) is 83.4 cm³/mol. The summed E-state index contributed by atoms with van der Waals surface area (Å²) >= 11 is 1.26. The minimum atomic E-state index is -0.333. The van der Waals surface area contributed by atoms with Gasteiger partial charge in [0.25, 0.3) is 5.91 Å². The van der Waals surface area contributed by atoms with Gasteiger partial charge < -0.3 is 9.47 Å². The first-order valence-electron chi connectivity index (χ1n) is 6.67. The summed E-state index contributed by atoms with van der Waals surface area (Å²) in [6.45, 7) is 2.09. The molecule has 0 aliphatic heterocycles. The molecule has 0 unspecified atom stereocenters. The van der Waals surface area contributed by atoms with Gasteiger partial charge >= 0.3 is 5.97 Å². The van der Waals surface area contributed by atoms with E-state index in [9.17, 15) is 9.59 Å². The van der Waals surface area contributed by atoms with Gasteiger partial charge in [0.15, 0.2) is 5.13 Å². The average Bonchev–Trinajstić information content (AvgIpc) is 2.94. The highest BCUT2D eigenvalue weighted by Crippen LogP contribution is 2.18. The number of hydrogen-bond donors (Lipinski definition) is 1. The van der Waals surface area contributed by atoms with Crippen LogP contribution >= 0.6 is 11.3 Å². The van der Waals surface area contributed by atoms with Gasteiger partial charge in [0, 0.05) is 10.9 Å². The zero-order valence-corrected chi connectivity index (χ0v) is 13.1. The number of hydrogen-bond acceptors (Lipinski definition) is 6. The van der Waals surface area contributed by atoms with Crippen LogP contribution in [0.4, 0.5) is 5.13 Å². The molecule has 0 bridgehead atoms. The molecule has 6 nitrogen and oxygen atoms in total. The van der Waals surface area contributed by atoms with Gasteiger partial charge in [-0.15, -0.1) is 11.3 Å². The zero-order valence-electron chi connectivity index (χ0n) is 12.3. The first-order valence-corrected chi connectivity index (χ1v) is 7.55. The second-order valence-corrected chi connectivity index (χ2v) is 5.17. The van der Waals surface area contributed by atoms with Crippen molar-refractivity contribution >= 4 is 28.3 Å². The van der Waals surface area contributed by atoms with Gasteiger partial charge in [0.1, 0.15) is 5.75 Å². The van der Waals surface area contributed by atoms with Gasteiger partial charge in [-0.05, 0) is 31.2 Å². The molecule has 1 aromatic carbocycles. The van der Waals surface area contributed by atoms with Crippen molar-refractivity contribution in [2.75, 3.05) is 19.0 Å². The Morgan fingerprint density at radius 1 is 1.27 bits per heavy atom. The predicted octanol–water partition coefficient (Wildman–Crippen LogP) is 2.51. The summed E-state index contributed by atoms with van der Waals surface area (Å²) < 4.78 is 9.90. The molecule has 0 spiro atoms. The Morgan fingerprint density at radius 3 is 2.64 bits per heavy atom. The normalized spacial score (nSPS) is 10.1. The van der Waals surface area contributed by atoms with E-state index in [4.69, 9.17) is 9.47 Å². The SMILES string of the molecule is CCOC(=O)Cc1csc(NC(=O)c2ccc(OC)cc2)n1. The molecule has 0 atom stereocenters. The molecule has 0 radical (unpaired) electrons. The van der Waals surface area contributed by atoms with Crippen LogP contribution < -0.4 is 10.1 Å². The molecule has 0 saturated carbocycles. The van der Waals surface area contributed by atoms with Crippen molar-refractivity contribution in [2.24, 2.45) is 0 Å². The summed E-state index contributed by atoms with van der Waals surface area (Å²) in [7, 11) is 1.57. The molecule has 1 heterocycles. The van der Waals surface area contributed by atoms with Gasteiger partial charge in [0.05, 0.1) is 25.8 Å². The van der Waals surface area contributed by atoms with Crippen molar-refractivity contribution in [1.29, 1.82) is 0 Å². The third-order valence-electron chi connectivity index (χ3n) is 2.76. The number of carbonyl (C=O) groups excluding carboxylic acids is 2. The molecule has 1 N–H and O–H groups in total. The third kappa shape index (κ3) is 4.29. The highest BCUT2D eigenvalue weighted by atomic mass is 32.1. The molecule has 7 heteroatoms. The molecule has 22 heavy (non-hydrogen) atoms. The molecule has 0 aliphatic carbocycles. The molecule has 116 valence electrons. The lowest BCUT2D eigenvalue weighted by molar-refractivity contribution is -0.142. The van der Waals surface area contributed by atoms with Crippen molar-refractivity contribution in [3.05, 3.63) is 40.9 Å². The summed E-state index contributed by atoms with van der Waals surface area (Å²) in [5.74, 6) is 0.0861. The van der Waals surface area contributed by atoms with E-state index in [-0.39, 0.29) is 18.3 Å².